The van der Waals surface area contributed by atoms with Gasteiger partial charge >= 0.3 is 0 Å². The number of ketones is 1. The lowest BCUT2D eigenvalue weighted by Crippen LogP contribution is -2.20. The van der Waals surface area contributed by atoms with E-state index in [1.165, 1.54) is 0 Å². The van der Waals surface area contributed by atoms with Gasteiger partial charge in [0, 0.05) is 33.8 Å². The third-order valence-corrected chi connectivity index (χ3v) is 6.43. The van der Waals surface area contributed by atoms with Crippen LogP contribution in [0.15, 0.2) is 83.7 Å². The molecule has 0 bridgehead atoms. The average Bonchev–Trinajstić information content (AvgIpc) is 2.81. The number of carbonyl (C=O) groups excluding carboxylic acids is 1. The Balaban J connectivity index is 1.96. The molecule has 0 aliphatic heterocycles. The molecule has 0 saturated heterocycles. The molecule has 6 rings (SSSR count). The van der Waals surface area contributed by atoms with E-state index in [-0.39, 0.29) is 11.3 Å². The van der Waals surface area contributed by atoms with Crippen LogP contribution in [0.2, 0.25) is 5.02 Å². The Morgan fingerprint density at radius 2 is 1.55 bits per heavy atom. The lowest BCUT2D eigenvalue weighted by molar-refractivity contribution is 0.104. The highest BCUT2D eigenvalue weighted by atomic mass is 35.5. The number of benzene rings is 5. The third-order valence-electron chi connectivity index (χ3n) is 6.19. The van der Waals surface area contributed by atoms with Crippen LogP contribution in [-0.4, -0.2) is 10.4 Å². The van der Waals surface area contributed by atoms with Gasteiger partial charge in [0.05, 0.1) is 11.1 Å². The van der Waals surface area contributed by atoms with Gasteiger partial charge in [-0.2, -0.15) is 0 Å². The van der Waals surface area contributed by atoms with E-state index in [1.54, 1.807) is 29.8 Å². The Kier molecular flexibility index (Phi) is 3.74. The average molecular weight is 422 g/mol. The zero-order valence-corrected chi connectivity index (χ0v) is 17.4. The molecule has 0 radical (unpaired) electrons. The summed E-state index contributed by atoms with van der Waals surface area (Å²) >= 11 is 6.37. The molecule has 4 heteroatoms. The molecule has 6 aromatic rings. The Labute approximate surface area is 182 Å². The van der Waals surface area contributed by atoms with E-state index in [0.717, 1.165) is 32.3 Å². The molecule has 148 valence electrons. The van der Waals surface area contributed by atoms with Crippen molar-refractivity contribution in [1.29, 1.82) is 0 Å². The molecule has 0 fully saturated rings. The fourth-order valence-corrected chi connectivity index (χ4v) is 4.99. The first-order chi connectivity index (χ1) is 15.1. The van der Waals surface area contributed by atoms with Crippen molar-refractivity contribution in [2.45, 2.75) is 0 Å². The molecular weight excluding hydrogens is 406 g/mol. The van der Waals surface area contributed by atoms with Crippen LogP contribution in [0.1, 0.15) is 15.9 Å². The number of aryl methyl sites for hydroxylation is 1. The summed E-state index contributed by atoms with van der Waals surface area (Å²) in [7, 11) is 1.75. The van der Waals surface area contributed by atoms with Crippen molar-refractivity contribution in [3.05, 3.63) is 105 Å². The Bertz CT molecular complexity index is 1730. The minimum Gasteiger partial charge on any atom is -0.310 e. The van der Waals surface area contributed by atoms with Crippen LogP contribution in [0, 0.1) is 0 Å². The summed E-state index contributed by atoms with van der Waals surface area (Å²) in [4.78, 5) is 27.1. The molecule has 3 nitrogen and oxygen atoms in total. The third kappa shape index (κ3) is 2.41. The van der Waals surface area contributed by atoms with Gasteiger partial charge in [0.15, 0.2) is 5.78 Å². The number of halogens is 1. The van der Waals surface area contributed by atoms with Crippen molar-refractivity contribution in [2.75, 3.05) is 0 Å². The maximum absolute atomic E-state index is 13.8. The van der Waals surface area contributed by atoms with Crippen LogP contribution >= 0.6 is 11.6 Å². The van der Waals surface area contributed by atoms with Gasteiger partial charge in [-0.3, -0.25) is 9.59 Å². The molecule has 0 N–H and O–H groups in total. The van der Waals surface area contributed by atoms with Gasteiger partial charge in [0.25, 0.3) is 5.56 Å². The van der Waals surface area contributed by atoms with Crippen molar-refractivity contribution in [2.24, 2.45) is 7.05 Å². The number of aromatic nitrogens is 1. The van der Waals surface area contributed by atoms with Crippen LogP contribution in [0.4, 0.5) is 0 Å². The van der Waals surface area contributed by atoms with E-state index in [0.29, 0.717) is 27.1 Å². The SMILES string of the molecule is Cn1c(=O)c2cccc3ccc4c5cc(Cl)ccc5c(C(=O)c5ccccc5)c1c4c32. The molecule has 1 heterocycles. The highest BCUT2D eigenvalue weighted by molar-refractivity contribution is 6.37. The first-order valence-corrected chi connectivity index (χ1v) is 10.4. The predicted octanol–water partition coefficient (Wildman–Crippen LogP) is 6.32. The molecule has 0 saturated carbocycles. The largest absolute Gasteiger partial charge is 0.310 e. The van der Waals surface area contributed by atoms with Gasteiger partial charge < -0.3 is 4.57 Å². The summed E-state index contributed by atoms with van der Waals surface area (Å²) in [6.45, 7) is 0. The van der Waals surface area contributed by atoms with Crippen molar-refractivity contribution in [1.82, 2.24) is 4.57 Å². The number of hydrogen-bond acceptors (Lipinski definition) is 2. The minimum absolute atomic E-state index is 0.110. The second kappa shape index (κ2) is 6.40. The Morgan fingerprint density at radius 1 is 0.774 bits per heavy atom. The van der Waals surface area contributed by atoms with E-state index >= 15 is 0 Å². The highest BCUT2D eigenvalue weighted by Gasteiger charge is 2.24. The van der Waals surface area contributed by atoms with Gasteiger partial charge in [-0.05, 0) is 39.7 Å². The summed E-state index contributed by atoms with van der Waals surface area (Å²) in [5, 5.41) is 6.73. The van der Waals surface area contributed by atoms with Crippen LogP contribution in [-0.2, 0) is 7.05 Å². The summed E-state index contributed by atoms with van der Waals surface area (Å²) in [6, 6.07) is 24.6. The number of nitrogens with zero attached hydrogens (tertiary/aromatic N) is 1. The molecular formula is C27H16ClNO2. The summed E-state index contributed by atoms with van der Waals surface area (Å²) in [5.74, 6) is -0.110. The molecule has 0 amide bonds. The maximum Gasteiger partial charge on any atom is 0.258 e. The van der Waals surface area contributed by atoms with Gasteiger partial charge in [-0.15, -0.1) is 0 Å². The minimum atomic E-state index is -0.110. The summed E-state index contributed by atoms with van der Waals surface area (Å²) in [6.07, 6.45) is 0. The van der Waals surface area contributed by atoms with Crippen molar-refractivity contribution >= 4 is 60.6 Å². The van der Waals surface area contributed by atoms with Crippen molar-refractivity contribution in [3.63, 3.8) is 0 Å². The zero-order chi connectivity index (χ0) is 21.3. The predicted molar refractivity (Wildman–Crippen MR) is 128 cm³/mol. The Hall–Kier alpha value is -3.69. The van der Waals surface area contributed by atoms with Crippen LogP contribution in [0.3, 0.4) is 0 Å². The number of pyridine rings is 1. The van der Waals surface area contributed by atoms with Gasteiger partial charge in [-0.1, -0.05) is 72.3 Å². The molecule has 0 spiro atoms. The van der Waals surface area contributed by atoms with Gasteiger partial charge in [-0.25, -0.2) is 0 Å². The van der Waals surface area contributed by atoms with E-state index in [4.69, 9.17) is 11.6 Å². The van der Waals surface area contributed by atoms with Crippen LogP contribution < -0.4 is 5.56 Å². The molecule has 0 unspecified atom stereocenters. The van der Waals surface area contributed by atoms with E-state index in [1.807, 2.05) is 54.6 Å². The number of hydrogen-bond donors (Lipinski definition) is 0. The van der Waals surface area contributed by atoms with E-state index < -0.39 is 0 Å². The first kappa shape index (κ1) is 18.1. The molecule has 0 atom stereocenters. The summed E-state index contributed by atoms with van der Waals surface area (Å²) < 4.78 is 1.62. The second-order valence-corrected chi connectivity index (χ2v) is 8.30. The van der Waals surface area contributed by atoms with Crippen LogP contribution in [0.25, 0.3) is 43.2 Å². The number of rotatable bonds is 2. The van der Waals surface area contributed by atoms with Crippen LogP contribution in [0.5, 0.6) is 0 Å². The number of fused-ring (bicyclic) bond motifs is 2. The molecule has 1 aromatic heterocycles. The highest BCUT2D eigenvalue weighted by Crippen LogP contribution is 2.41. The quantitative estimate of drug-likeness (QED) is 0.186. The lowest BCUT2D eigenvalue weighted by atomic mass is 9.87. The number of carbonyl (C=O) groups is 1. The van der Waals surface area contributed by atoms with E-state index in [2.05, 4.69) is 6.07 Å². The fourth-order valence-electron chi connectivity index (χ4n) is 4.82. The monoisotopic (exact) mass is 421 g/mol. The second-order valence-electron chi connectivity index (χ2n) is 7.86. The molecule has 0 aliphatic carbocycles. The topological polar surface area (TPSA) is 39.1 Å². The standard InChI is InChI=1S/C27H16ClNO2/c1-29-25-23-18(12-10-15-8-5-9-20(22(15)23)27(29)31)21-14-17(28)11-13-19(21)24(25)26(30)16-6-3-2-4-7-16/h2-14H,1H3. The summed E-state index contributed by atoms with van der Waals surface area (Å²) in [5.41, 5.74) is 1.67. The van der Waals surface area contributed by atoms with Crippen molar-refractivity contribution in [3.8, 4) is 0 Å². The van der Waals surface area contributed by atoms with Gasteiger partial charge in [0.1, 0.15) is 0 Å². The lowest BCUT2D eigenvalue weighted by Gasteiger charge is -2.19. The normalized spacial score (nSPS) is 11.8. The maximum atomic E-state index is 13.8. The van der Waals surface area contributed by atoms with Crippen molar-refractivity contribution < 1.29 is 4.79 Å². The van der Waals surface area contributed by atoms with E-state index in [9.17, 15) is 9.59 Å². The molecule has 5 aromatic carbocycles. The molecule has 31 heavy (non-hydrogen) atoms. The van der Waals surface area contributed by atoms with Gasteiger partial charge in [0.2, 0.25) is 0 Å². The smallest absolute Gasteiger partial charge is 0.258 e. The zero-order valence-electron chi connectivity index (χ0n) is 16.6. The molecule has 0 aliphatic rings. The Morgan fingerprint density at radius 3 is 2.35 bits per heavy atom. The first-order valence-electron chi connectivity index (χ1n) is 10.0. The fraction of sp³-hybridized carbons (Fsp3) is 0.0370.